The van der Waals surface area contributed by atoms with Gasteiger partial charge in [0.2, 0.25) is 11.3 Å². The van der Waals surface area contributed by atoms with Crippen LogP contribution in [0.25, 0.3) is 11.0 Å². The second kappa shape index (κ2) is 8.91. The number of hydrogen-bond donors (Lipinski definition) is 2. The predicted octanol–water partition coefficient (Wildman–Crippen LogP) is 2.67. The number of carbonyl (C=O) groups is 1. The first-order valence-corrected chi connectivity index (χ1v) is 9.53. The number of ketones is 1. The molecule has 148 valence electrons. The molecule has 0 spiro atoms. The van der Waals surface area contributed by atoms with Crippen molar-refractivity contribution in [2.24, 2.45) is 0 Å². The molecule has 29 heavy (non-hydrogen) atoms. The van der Waals surface area contributed by atoms with E-state index in [0.717, 1.165) is 6.07 Å². The van der Waals surface area contributed by atoms with Crippen LogP contribution in [0, 0.1) is 23.0 Å². The Morgan fingerprint density at radius 1 is 1.24 bits per heavy atom. The number of fused-ring (bicyclic) bond motifs is 1. The van der Waals surface area contributed by atoms with Gasteiger partial charge in [-0.15, -0.1) is 0 Å². The van der Waals surface area contributed by atoms with E-state index in [0.29, 0.717) is 17.5 Å². The molecule has 1 aromatic heterocycles. The van der Waals surface area contributed by atoms with E-state index in [1.807, 2.05) is 6.07 Å². The fraction of sp³-hybridized carbons (Fsp3) is 0.158. The van der Waals surface area contributed by atoms with Crippen LogP contribution in [-0.4, -0.2) is 31.1 Å². The number of halogens is 2. The van der Waals surface area contributed by atoms with E-state index >= 15 is 0 Å². The maximum atomic E-state index is 14.3. The summed E-state index contributed by atoms with van der Waals surface area (Å²) in [6.07, 6.45) is 1.95. The number of aryl methyl sites for hydroxylation is 1. The van der Waals surface area contributed by atoms with Crippen molar-refractivity contribution < 1.29 is 22.3 Å². The molecule has 0 aliphatic carbocycles. The standard InChI is InChI=1S/C19H14F2N4O3S/c20-15-7-11(2-1-5-24-29(27)28)6-14(18(15)21)19(26)12-3-4-16-17(8-12)25-13(9-22)10-23-16/h3-4,6-8,10,24H,1-2,5H2,(H,27,28). The lowest BCUT2D eigenvalue weighted by molar-refractivity contribution is 0.103. The van der Waals surface area contributed by atoms with Gasteiger partial charge in [-0.25, -0.2) is 22.7 Å². The molecule has 3 aromatic rings. The minimum Gasteiger partial charge on any atom is -0.294 e. The smallest absolute Gasteiger partial charge is 0.231 e. The van der Waals surface area contributed by atoms with Crippen LogP contribution < -0.4 is 4.72 Å². The van der Waals surface area contributed by atoms with Gasteiger partial charge in [0.25, 0.3) is 0 Å². The van der Waals surface area contributed by atoms with Crippen molar-refractivity contribution in [3.63, 3.8) is 0 Å². The zero-order valence-corrected chi connectivity index (χ0v) is 15.7. The van der Waals surface area contributed by atoms with Gasteiger partial charge in [0.1, 0.15) is 6.07 Å². The van der Waals surface area contributed by atoms with Crippen LogP contribution >= 0.6 is 0 Å². The molecule has 0 aliphatic heterocycles. The van der Waals surface area contributed by atoms with Crippen molar-refractivity contribution in [1.29, 1.82) is 5.26 Å². The Morgan fingerprint density at radius 2 is 2.03 bits per heavy atom. The average Bonchev–Trinajstić information content (AvgIpc) is 2.72. The first-order chi connectivity index (χ1) is 13.9. The van der Waals surface area contributed by atoms with Gasteiger partial charge in [-0.2, -0.15) is 5.26 Å². The van der Waals surface area contributed by atoms with Crippen LogP contribution in [0.3, 0.4) is 0 Å². The fourth-order valence-electron chi connectivity index (χ4n) is 2.77. The summed E-state index contributed by atoms with van der Waals surface area (Å²) in [5, 5.41) is 8.92. The average molecular weight is 416 g/mol. The zero-order chi connectivity index (χ0) is 21.0. The number of nitriles is 1. The Balaban J connectivity index is 1.90. The third kappa shape index (κ3) is 4.83. The topological polar surface area (TPSA) is 116 Å². The van der Waals surface area contributed by atoms with Gasteiger partial charge in [0, 0.05) is 12.1 Å². The van der Waals surface area contributed by atoms with Gasteiger partial charge in [-0.1, -0.05) is 0 Å². The van der Waals surface area contributed by atoms with E-state index in [-0.39, 0.29) is 29.7 Å². The summed E-state index contributed by atoms with van der Waals surface area (Å²) >= 11 is -2.15. The van der Waals surface area contributed by atoms with Crippen LogP contribution in [0.5, 0.6) is 0 Å². The molecule has 0 amide bonds. The first kappa shape index (κ1) is 20.6. The Bertz CT molecular complexity index is 1160. The molecule has 2 aromatic carbocycles. The monoisotopic (exact) mass is 416 g/mol. The maximum Gasteiger partial charge on any atom is 0.231 e. The molecule has 1 unspecified atom stereocenters. The normalized spacial score (nSPS) is 11.9. The van der Waals surface area contributed by atoms with Crippen molar-refractivity contribution in [3.05, 3.63) is 70.5 Å². The molecular formula is C19H14F2N4O3S. The molecule has 3 rings (SSSR count). The molecule has 7 nitrogen and oxygen atoms in total. The van der Waals surface area contributed by atoms with Crippen LogP contribution in [0.15, 0.2) is 36.5 Å². The molecule has 0 saturated heterocycles. The summed E-state index contributed by atoms with van der Waals surface area (Å²) in [6, 6.07) is 8.41. The highest BCUT2D eigenvalue weighted by molar-refractivity contribution is 7.77. The molecule has 10 heteroatoms. The molecule has 2 N–H and O–H groups in total. The fourth-order valence-corrected chi connectivity index (χ4v) is 3.09. The lowest BCUT2D eigenvalue weighted by Crippen LogP contribution is -2.18. The van der Waals surface area contributed by atoms with E-state index < -0.39 is 34.2 Å². The van der Waals surface area contributed by atoms with Gasteiger partial charge in [0.05, 0.1) is 22.8 Å². The van der Waals surface area contributed by atoms with Crippen molar-refractivity contribution in [2.75, 3.05) is 6.54 Å². The minimum absolute atomic E-state index is 0.0683. The summed E-state index contributed by atoms with van der Waals surface area (Å²) in [6.45, 7) is 0.190. The second-order valence-corrected chi connectivity index (χ2v) is 6.87. The largest absolute Gasteiger partial charge is 0.294 e. The van der Waals surface area contributed by atoms with E-state index in [1.54, 1.807) is 0 Å². The lowest BCUT2D eigenvalue weighted by Gasteiger charge is -2.09. The highest BCUT2D eigenvalue weighted by Gasteiger charge is 2.19. The van der Waals surface area contributed by atoms with Crippen molar-refractivity contribution in [3.8, 4) is 6.07 Å². The van der Waals surface area contributed by atoms with Crippen LogP contribution in [0.1, 0.15) is 33.6 Å². The highest BCUT2D eigenvalue weighted by atomic mass is 32.2. The summed E-state index contributed by atoms with van der Waals surface area (Å²) in [7, 11) is 0. The van der Waals surface area contributed by atoms with Gasteiger partial charge in [-0.3, -0.25) is 14.3 Å². The first-order valence-electron chi connectivity index (χ1n) is 8.43. The van der Waals surface area contributed by atoms with E-state index in [2.05, 4.69) is 14.7 Å². The third-order valence-corrected chi connectivity index (χ3v) is 4.57. The molecule has 0 aliphatic rings. The number of rotatable bonds is 7. The van der Waals surface area contributed by atoms with Crippen LogP contribution in [0.4, 0.5) is 8.78 Å². The molecule has 0 bridgehead atoms. The zero-order valence-electron chi connectivity index (χ0n) is 14.9. The van der Waals surface area contributed by atoms with E-state index in [9.17, 15) is 17.8 Å². The van der Waals surface area contributed by atoms with Gasteiger partial charge >= 0.3 is 0 Å². The summed E-state index contributed by atoms with van der Waals surface area (Å²) < 4.78 is 49.8. The molecule has 0 saturated carbocycles. The molecule has 1 atom stereocenters. The Hall–Kier alpha value is -3.13. The molecular weight excluding hydrogens is 402 g/mol. The van der Waals surface area contributed by atoms with Crippen molar-refractivity contribution >= 4 is 28.1 Å². The van der Waals surface area contributed by atoms with E-state index in [1.165, 1.54) is 30.5 Å². The van der Waals surface area contributed by atoms with Gasteiger partial charge in [0.15, 0.2) is 23.1 Å². The third-order valence-electron chi connectivity index (χ3n) is 4.12. The summed E-state index contributed by atoms with van der Waals surface area (Å²) in [4.78, 5) is 20.9. The SMILES string of the molecule is N#Cc1cnc2ccc(C(=O)c3cc(CCCNS(=O)O)cc(F)c3F)cc2n1. The summed E-state index contributed by atoms with van der Waals surface area (Å²) in [5.41, 5.74) is 0.839. The number of benzene rings is 2. The highest BCUT2D eigenvalue weighted by Crippen LogP contribution is 2.21. The molecule has 0 radical (unpaired) electrons. The lowest BCUT2D eigenvalue weighted by atomic mass is 9.98. The minimum atomic E-state index is -2.15. The van der Waals surface area contributed by atoms with Crippen molar-refractivity contribution in [1.82, 2.24) is 14.7 Å². The van der Waals surface area contributed by atoms with Gasteiger partial charge in [-0.05, 0) is 48.7 Å². The van der Waals surface area contributed by atoms with Crippen LogP contribution in [0.2, 0.25) is 0 Å². The number of hydrogen-bond acceptors (Lipinski definition) is 5. The Labute approximate surface area is 166 Å². The number of nitrogens with one attached hydrogen (secondary N) is 1. The Kier molecular flexibility index (Phi) is 6.33. The summed E-state index contributed by atoms with van der Waals surface area (Å²) in [5.74, 6) is -3.15. The number of carbonyl (C=O) groups excluding carboxylic acids is 1. The number of aromatic nitrogens is 2. The maximum absolute atomic E-state index is 14.3. The van der Waals surface area contributed by atoms with Gasteiger partial charge < -0.3 is 0 Å². The molecule has 1 heterocycles. The quantitative estimate of drug-likeness (QED) is 0.348. The second-order valence-electron chi connectivity index (χ2n) is 6.09. The Morgan fingerprint density at radius 3 is 2.76 bits per heavy atom. The van der Waals surface area contributed by atoms with E-state index in [4.69, 9.17) is 9.81 Å². The van der Waals surface area contributed by atoms with Crippen LogP contribution in [-0.2, 0) is 17.7 Å². The van der Waals surface area contributed by atoms with Crippen molar-refractivity contribution in [2.45, 2.75) is 12.8 Å². The molecule has 0 fully saturated rings. The predicted molar refractivity (Wildman–Crippen MR) is 101 cm³/mol. The number of nitrogens with zero attached hydrogens (tertiary/aromatic N) is 3.